The molecule has 12 heteroatoms. The Hall–Kier alpha value is -3.41. The van der Waals surface area contributed by atoms with Crippen LogP contribution in [0.15, 0.2) is 48.8 Å². The summed E-state index contributed by atoms with van der Waals surface area (Å²) in [6.07, 6.45) is -7.02. The summed E-state index contributed by atoms with van der Waals surface area (Å²) < 4.78 is 77.9. The van der Waals surface area contributed by atoms with E-state index in [1.807, 2.05) is 0 Å². The van der Waals surface area contributed by atoms with Gasteiger partial charge in [-0.1, -0.05) is 0 Å². The SMILES string of the molecule is FC(F)(F)c1ccnc(Nc2cc(C3CNC3)cc(Nc3cc(C(F)(F)F)ccn3)n2)c1. The molecule has 4 heterocycles. The molecule has 3 aromatic rings. The van der Waals surface area contributed by atoms with E-state index >= 15 is 0 Å². The molecule has 0 spiro atoms. The van der Waals surface area contributed by atoms with Gasteiger partial charge in [0.25, 0.3) is 0 Å². The van der Waals surface area contributed by atoms with Crippen LogP contribution in [0.1, 0.15) is 22.6 Å². The molecule has 0 amide bonds. The molecule has 4 rings (SSSR count). The van der Waals surface area contributed by atoms with Gasteiger partial charge < -0.3 is 16.0 Å². The van der Waals surface area contributed by atoms with Gasteiger partial charge in [0.2, 0.25) is 0 Å². The van der Waals surface area contributed by atoms with E-state index in [0.29, 0.717) is 13.1 Å². The zero-order chi connectivity index (χ0) is 22.9. The van der Waals surface area contributed by atoms with Crippen LogP contribution >= 0.6 is 0 Å². The van der Waals surface area contributed by atoms with E-state index in [1.54, 1.807) is 12.1 Å². The minimum Gasteiger partial charge on any atom is -0.325 e. The van der Waals surface area contributed by atoms with Crippen molar-refractivity contribution in [3.8, 4) is 0 Å². The molecular weight excluding hydrogens is 438 g/mol. The molecule has 1 aliphatic rings. The molecule has 0 atom stereocenters. The first-order chi connectivity index (χ1) is 15.1. The first-order valence-corrected chi connectivity index (χ1v) is 9.41. The molecule has 1 saturated heterocycles. The second-order valence-corrected chi connectivity index (χ2v) is 7.13. The predicted octanol–water partition coefficient (Wildman–Crippen LogP) is 5.08. The van der Waals surface area contributed by atoms with E-state index in [2.05, 4.69) is 30.9 Å². The van der Waals surface area contributed by atoms with Crippen molar-refractivity contribution in [1.29, 1.82) is 0 Å². The lowest BCUT2D eigenvalue weighted by Gasteiger charge is -2.28. The molecule has 168 valence electrons. The number of nitrogens with zero attached hydrogens (tertiary/aromatic N) is 3. The molecule has 3 N–H and O–H groups in total. The third-order valence-corrected chi connectivity index (χ3v) is 4.79. The highest BCUT2D eigenvalue weighted by molar-refractivity contribution is 5.61. The Morgan fingerprint density at radius 1 is 0.719 bits per heavy atom. The largest absolute Gasteiger partial charge is 0.416 e. The highest BCUT2D eigenvalue weighted by Crippen LogP contribution is 2.33. The maximum Gasteiger partial charge on any atom is 0.416 e. The number of alkyl halides is 6. The number of pyridine rings is 3. The molecule has 1 fully saturated rings. The number of anilines is 4. The zero-order valence-electron chi connectivity index (χ0n) is 16.2. The van der Waals surface area contributed by atoms with Crippen molar-refractivity contribution in [2.45, 2.75) is 18.3 Å². The summed E-state index contributed by atoms with van der Waals surface area (Å²) in [5.74, 6) is 0.369. The maximum absolute atomic E-state index is 13.0. The number of nitrogens with one attached hydrogen (secondary N) is 3. The molecule has 0 bridgehead atoms. The molecule has 3 aromatic heterocycles. The topological polar surface area (TPSA) is 74.8 Å². The van der Waals surface area contributed by atoms with Gasteiger partial charge >= 0.3 is 12.4 Å². The molecule has 0 aliphatic carbocycles. The van der Waals surface area contributed by atoms with E-state index < -0.39 is 23.5 Å². The van der Waals surface area contributed by atoms with Crippen LogP contribution in [-0.2, 0) is 12.4 Å². The maximum atomic E-state index is 13.0. The number of rotatable bonds is 5. The summed E-state index contributed by atoms with van der Waals surface area (Å²) in [5.41, 5.74) is -0.940. The molecule has 0 radical (unpaired) electrons. The van der Waals surface area contributed by atoms with E-state index in [1.165, 1.54) is 0 Å². The lowest BCUT2D eigenvalue weighted by atomic mass is 9.94. The third kappa shape index (κ3) is 5.07. The lowest BCUT2D eigenvalue weighted by molar-refractivity contribution is -0.138. The summed E-state index contributed by atoms with van der Waals surface area (Å²) in [6, 6.07) is 6.72. The van der Waals surface area contributed by atoms with Crippen molar-refractivity contribution in [3.63, 3.8) is 0 Å². The van der Waals surface area contributed by atoms with Gasteiger partial charge in [0, 0.05) is 31.4 Å². The molecule has 0 unspecified atom stereocenters. The van der Waals surface area contributed by atoms with Gasteiger partial charge in [0.05, 0.1) is 11.1 Å². The second-order valence-electron chi connectivity index (χ2n) is 7.13. The Morgan fingerprint density at radius 2 is 1.19 bits per heavy atom. The highest BCUT2D eigenvalue weighted by atomic mass is 19.4. The first kappa shape index (κ1) is 21.8. The van der Waals surface area contributed by atoms with E-state index in [0.717, 1.165) is 42.2 Å². The Morgan fingerprint density at radius 3 is 1.56 bits per heavy atom. The van der Waals surface area contributed by atoms with Crippen molar-refractivity contribution < 1.29 is 26.3 Å². The van der Waals surface area contributed by atoms with Crippen molar-refractivity contribution in [2.75, 3.05) is 23.7 Å². The van der Waals surface area contributed by atoms with Crippen LogP contribution < -0.4 is 16.0 Å². The molecular formula is C20H16F6N6. The predicted molar refractivity (Wildman–Crippen MR) is 105 cm³/mol. The summed E-state index contributed by atoms with van der Waals surface area (Å²) in [4.78, 5) is 12.0. The average Bonchev–Trinajstić information content (AvgIpc) is 2.65. The number of hydrogen-bond donors (Lipinski definition) is 3. The van der Waals surface area contributed by atoms with Crippen LogP contribution in [0.2, 0.25) is 0 Å². The molecule has 1 aliphatic heterocycles. The summed E-state index contributed by atoms with van der Waals surface area (Å²) in [5, 5.41) is 8.59. The number of halogens is 6. The Kier molecular flexibility index (Phi) is 5.63. The standard InChI is InChI=1S/C20H16F6N6/c21-19(22,23)13-1-3-28-15(7-13)30-17-5-11(12-9-27-10-12)6-18(32-17)31-16-8-14(2-4-29-16)20(24,25)26/h1-8,12,27H,9-10H2,(H2,28,29,30,31,32). The van der Waals surface area contributed by atoms with Gasteiger partial charge in [-0.2, -0.15) is 26.3 Å². The van der Waals surface area contributed by atoms with Crippen LogP contribution in [-0.4, -0.2) is 28.0 Å². The lowest BCUT2D eigenvalue weighted by Crippen LogP contribution is -2.39. The average molecular weight is 454 g/mol. The van der Waals surface area contributed by atoms with Crippen molar-refractivity contribution >= 4 is 23.3 Å². The highest BCUT2D eigenvalue weighted by Gasteiger charge is 2.31. The van der Waals surface area contributed by atoms with Gasteiger partial charge in [0.15, 0.2) is 0 Å². The van der Waals surface area contributed by atoms with Crippen LogP contribution in [0.5, 0.6) is 0 Å². The fourth-order valence-corrected chi connectivity index (χ4v) is 3.05. The van der Waals surface area contributed by atoms with E-state index in [4.69, 9.17) is 0 Å². The van der Waals surface area contributed by atoms with Crippen LogP contribution in [0, 0.1) is 0 Å². The molecule has 0 aromatic carbocycles. The summed E-state index contributed by atoms with van der Waals surface area (Å²) in [7, 11) is 0. The van der Waals surface area contributed by atoms with Gasteiger partial charge in [-0.25, -0.2) is 15.0 Å². The minimum atomic E-state index is -4.53. The van der Waals surface area contributed by atoms with Crippen molar-refractivity contribution in [3.05, 3.63) is 65.5 Å². The Labute approximate surface area is 178 Å². The summed E-state index contributed by atoms with van der Waals surface area (Å²) in [6.45, 7) is 1.37. The second kappa shape index (κ2) is 8.26. The van der Waals surface area contributed by atoms with Crippen LogP contribution in [0.4, 0.5) is 49.6 Å². The third-order valence-electron chi connectivity index (χ3n) is 4.79. The smallest absolute Gasteiger partial charge is 0.325 e. The summed E-state index contributed by atoms with van der Waals surface area (Å²) >= 11 is 0. The van der Waals surface area contributed by atoms with Crippen molar-refractivity contribution in [1.82, 2.24) is 20.3 Å². The number of aromatic nitrogens is 3. The van der Waals surface area contributed by atoms with Crippen LogP contribution in [0.25, 0.3) is 0 Å². The number of hydrogen-bond acceptors (Lipinski definition) is 6. The molecule has 32 heavy (non-hydrogen) atoms. The van der Waals surface area contributed by atoms with Gasteiger partial charge in [-0.05, 0) is 42.0 Å². The van der Waals surface area contributed by atoms with E-state index in [-0.39, 0.29) is 29.2 Å². The quantitative estimate of drug-likeness (QED) is 0.467. The molecule has 6 nitrogen and oxygen atoms in total. The van der Waals surface area contributed by atoms with Gasteiger partial charge in [-0.3, -0.25) is 0 Å². The zero-order valence-corrected chi connectivity index (χ0v) is 16.2. The fraction of sp³-hybridized carbons (Fsp3) is 0.250. The minimum absolute atomic E-state index is 0.0700. The Bertz CT molecular complexity index is 1030. The Balaban J connectivity index is 1.64. The van der Waals surface area contributed by atoms with Crippen LogP contribution in [0.3, 0.4) is 0 Å². The first-order valence-electron chi connectivity index (χ1n) is 9.41. The monoisotopic (exact) mass is 454 g/mol. The normalized spacial score (nSPS) is 14.7. The van der Waals surface area contributed by atoms with E-state index in [9.17, 15) is 26.3 Å². The van der Waals surface area contributed by atoms with Gasteiger partial charge in [0.1, 0.15) is 23.3 Å². The van der Waals surface area contributed by atoms with Gasteiger partial charge in [-0.15, -0.1) is 0 Å². The van der Waals surface area contributed by atoms with Crippen molar-refractivity contribution in [2.24, 2.45) is 0 Å². The fourth-order valence-electron chi connectivity index (χ4n) is 3.05. The molecule has 0 saturated carbocycles.